The van der Waals surface area contributed by atoms with Gasteiger partial charge in [0.2, 0.25) is 0 Å². The zero-order chi connectivity index (χ0) is 11.3. The van der Waals surface area contributed by atoms with E-state index in [1.54, 1.807) is 11.1 Å². The van der Waals surface area contributed by atoms with Crippen LogP contribution in [0, 0.1) is 11.8 Å². The van der Waals surface area contributed by atoms with Gasteiger partial charge in [-0.15, -0.1) is 0 Å². The molecule has 1 nitrogen and oxygen atoms in total. The summed E-state index contributed by atoms with van der Waals surface area (Å²) >= 11 is 0. The summed E-state index contributed by atoms with van der Waals surface area (Å²) in [6.07, 6.45) is 5.01. The first-order valence-electron chi connectivity index (χ1n) is 6.52. The smallest absolute Gasteiger partial charge is 0.0445 e. The van der Waals surface area contributed by atoms with Crippen LogP contribution in [0.4, 0.5) is 0 Å². The normalized spacial score (nSPS) is 31.9. The number of hydrogen-bond donors (Lipinski definition) is 1. The lowest BCUT2D eigenvalue weighted by Crippen LogP contribution is -2.24. The van der Waals surface area contributed by atoms with Gasteiger partial charge in [-0.2, -0.15) is 0 Å². The van der Waals surface area contributed by atoms with Crippen LogP contribution in [0.5, 0.6) is 0 Å². The zero-order valence-electron chi connectivity index (χ0n) is 10.3. The third-order valence-corrected chi connectivity index (χ3v) is 4.50. The number of hydrogen-bond acceptors (Lipinski definition) is 1. The van der Waals surface area contributed by atoms with E-state index in [1.807, 2.05) is 0 Å². The van der Waals surface area contributed by atoms with Crippen molar-refractivity contribution >= 4 is 0 Å². The lowest BCUT2D eigenvalue weighted by atomic mass is 9.95. The summed E-state index contributed by atoms with van der Waals surface area (Å²) in [5.41, 5.74) is 11.0. The Morgan fingerprint density at radius 2 is 2.00 bits per heavy atom. The molecule has 0 radical (unpaired) electrons. The van der Waals surface area contributed by atoms with Gasteiger partial charge in [0.1, 0.15) is 0 Å². The number of nitrogens with two attached hydrogens (primary N) is 1. The van der Waals surface area contributed by atoms with E-state index < -0.39 is 0 Å². The Hall–Kier alpha value is -0.820. The Balaban J connectivity index is 1.91. The maximum atomic E-state index is 6.51. The fraction of sp³-hybridized carbons (Fsp3) is 0.600. The third kappa shape index (κ3) is 1.41. The average Bonchev–Trinajstić information content (AvgIpc) is 2.75. The van der Waals surface area contributed by atoms with Gasteiger partial charge in [0.05, 0.1) is 0 Å². The molecule has 1 aromatic carbocycles. The van der Waals surface area contributed by atoms with Gasteiger partial charge in [-0.05, 0) is 54.2 Å². The van der Waals surface area contributed by atoms with Crippen LogP contribution >= 0.6 is 0 Å². The maximum Gasteiger partial charge on any atom is 0.0445 e. The van der Waals surface area contributed by atoms with E-state index in [0.717, 1.165) is 0 Å². The lowest BCUT2D eigenvalue weighted by molar-refractivity contribution is 0.488. The van der Waals surface area contributed by atoms with Crippen LogP contribution in [-0.4, -0.2) is 0 Å². The van der Waals surface area contributed by atoms with E-state index >= 15 is 0 Å². The highest BCUT2D eigenvalue weighted by atomic mass is 14.9. The molecule has 2 N–H and O–H groups in total. The minimum Gasteiger partial charge on any atom is -0.321 e. The van der Waals surface area contributed by atoms with Crippen molar-refractivity contribution in [3.8, 4) is 0 Å². The summed E-state index contributed by atoms with van der Waals surface area (Å²) in [7, 11) is 0. The molecule has 0 spiro atoms. The average molecular weight is 215 g/mol. The zero-order valence-corrected chi connectivity index (χ0v) is 10.3. The topological polar surface area (TPSA) is 26.0 Å². The van der Waals surface area contributed by atoms with Crippen molar-refractivity contribution in [3.05, 3.63) is 34.9 Å². The van der Waals surface area contributed by atoms with E-state index in [9.17, 15) is 0 Å². The first-order chi connectivity index (χ1) is 7.61. The summed E-state index contributed by atoms with van der Waals surface area (Å²) in [5.74, 6) is 1.39. The van der Waals surface area contributed by atoms with Crippen molar-refractivity contribution in [2.24, 2.45) is 17.6 Å². The molecule has 0 saturated heterocycles. The second kappa shape index (κ2) is 3.33. The van der Waals surface area contributed by atoms with Crippen LogP contribution in [0.3, 0.4) is 0 Å². The summed E-state index contributed by atoms with van der Waals surface area (Å²) < 4.78 is 0. The Kier molecular flexibility index (Phi) is 2.16. The van der Waals surface area contributed by atoms with Crippen molar-refractivity contribution in [3.63, 3.8) is 0 Å². The molecule has 2 atom stereocenters. The van der Waals surface area contributed by atoms with Crippen molar-refractivity contribution in [1.82, 2.24) is 0 Å². The van der Waals surface area contributed by atoms with Gasteiger partial charge in [0, 0.05) is 5.54 Å². The van der Waals surface area contributed by atoms with Gasteiger partial charge >= 0.3 is 0 Å². The first kappa shape index (κ1) is 10.3. The molecule has 1 heteroatoms. The van der Waals surface area contributed by atoms with Gasteiger partial charge < -0.3 is 5.73 Å². The minimum atomic E-state index is -0.00815. The lowest BCUT2D eigenvalue weighted by Gasteiger charge is -2.15. The van der Waals surface area contributed by atoms with Crippen molar-refractivity contribution in [2.45, 2.75) is 45.1 Å². The molecule has 2 unspecified atom stereocenters. The molecule has 86 valence electrons. The minimum absolute atomic E-state index is 0.00815. The fourth-order valence-electron chi connectivity index (χ4n) is 3.33. The molecule has 0 aromatic heterocycles. The Bertz CT molecular complexity index is 421. The number of aryl methyl sites for hydroxylation is 2. The van der Waals surface area contributed by atoms with Crippen LogP contribution in [0.1, 0.15) is 43.4 Å². The molecule has 0 amide bonds. The highest BCUT2D eigenvalue weighted by molar-refractivity contribution is 5.41. The quantitative estimate of drug-likeness (QED) is 0.806. The van der Waals surface area contributed by atoms with E-state index in [1.165, 1.54) is 31.2 Å². The molecule has 2 aliphatic rings. The van der Waals surface area contributed by atoms with E-state index in [4.69, 9.17) is 5.73 Å². The monoisotopic (exact) mass is 215 g/mol. The number of rotatable bonds is 2. The molecular formula is C15H21N. The number of fused-ring (bicyclic) bond motifs is 1. The Morgan fingerprint density at radius 3 is 2.69 bits per heavy atom. The Labute approximate surface area is 98.0 Å². The SMILES string of the molecule is CC(C)C1CC1(N)c1ccc2c(c1)CCC2. The molecular weight excluding hydrogens is 194 g/mol. The maximum absolute atomic E-state index is 6.51. The summed E-state index contributed by atoms with van der Waals surface area (Å²) in [4.78, 5) is 0. The summed E-state index contributed by atoms with van der Waals surface area (Å²) in [5, 5.41) is 0. The van der Waals surface area contributed by atoms with Crippen molar-refractivity contribution < 1.29 is 0 Å². The van der Waals surface area contributed by atoms with E-state index in [-0.39, 0.29) is 5.54 Å². The molecule has 2 aliphatic carbocycles. The highest BCUT2D eigenvalue weighted by Gasteiger charge is 2.53. The molecule has 16 heavy (non-hydrogen) atoms. The number of benzene rings is 1. The molecule has 1 saturated carbocycles. The van der Waals surface area contributed by atoms with Crippen LogP contribution in [0.2, 0.25) is 0 Å². The van der Waals surface area contributed by atoms with Crippen LogP contribution in [0.25, 0.3) is 0 Å². The van der Waals surface area contributed by atoms with Crippen molar-refractivity contribution in [1.29, 1.82) is 0 Å². The van der Waals surface area contributed by atoms with Gasteiger partial charge in [0.25, 0.3) is 0 Å². The van der Waals surface area contributed by atoms with Crippen LogP contribution in [0.15, 0.2) is 18.2 Å². The largest absolute Gasteiger partial charge is 0.321 e. The first-order valence-corrected chi connectivity index (χ1v) is 6.52. The second-order valence-electron chi connectivity index (χ2n) is 5.93. The van der Waals surface area contributed by atoms with E-state index in [0.29, 0.717) is 11.8 Å². The highest BCUT2D eigenvalue weighted by Crippen LogP contribution is 2.53. The third-order valence-electron chi connectivity index (χ3n) is 4.50. The second-order valence-corrected chi connectivity index (χ2v) is 5.93. The van der Waals surface area contributed by atoms with Crippen LogP contribution in [-0.2, 0) is 18.4 Å². The molecule has 0 aliphatic heterocycles. The Morgan fingerprint density at radius 1 is 1.25 bits per heavy atom. The van der Waals surface area contributed by atoms with E-state index in [2.05, 4.69) is 32.0 Å². The van der Waals surface area contributed by atoms with Gasteiger partial charge in [-0.25, -0.2) is 0 Å². The molecule has 3 rings (SSSR count). The van der Waals surface area contributed by atoms with Gasteiger partial charge in [-0.3, -0.25) is 0 Å². The molecule has 1 aromatic rings. The summed E-state index contributed by atoms with van der Waals surface area (Å²) in [6, 6.07) is 6.96. The van der Waals surface area contributed by atoms with Gasteiger partial charge in [-0.1, -0.05) is 32.0 Å². The van der Waals surface area contributed by atoms with Gasteiger partial charge in [0.15, 0.2) is 0 Å². The molecule has 0 heterocycles. The van der Waals surface area contributed by atoms with Crippen molar-refractivity contribution in [2.75, 3.05) is 0 Å². The molecule has 0 bridgehead atoms. The molecule has 1 fully saturated rings. The fourth-order valence-corrected chi connectivity index (χ4v) is 3.33. The predicted octanol–water partition coefficient (Wildman–Crippen LogP) is 3.01. The standard InChI is InChI=1S/C15H21N/c1-10(2)14-9-15(14,16)13-7-6-11-4-3-5-12(11)8-13/h6-8,10,14H,3-5,9,16H2,1-2H3. The summed E-state index contributed by atoms with van der Waals surface area (Å²) in [6.45, 7) is 4.57. The predicted molar refractivity (Wildman–Crippen MR) is 67.3 cm³/mol. The van der Waals surface area contributed by atoms with Crippen LogP contribution < -0.4 is 5.73 Å².